The Hall–Kier alpha value is -2.17. The second-order valence-corrected chi connectivity index (χ2v) is 5.34. The molecule has 0 fully saturated rings. The first-order valence-electron chi connectivity index (χ1n) is 7.22. The molecule has 0 unspecified atom stereocenters. The Bertz CT molecular complexity index is 684. The van der Waals surface area contributed by atoms with Crippen molar-refractivity contribution in [1.82, 2.24) is 9.97 Å². The van der Waals surface area contributed by atoms with E-state index in [1.807, 2.05) is 13.0 Å². The average molecular weight is 286 g/mol. The van der Waals surface area contributed by atoms with Crippen LogP contribution in [0.1, 0.15) is 18.2 Å². The largest absolute Gasteiger partial charge is 0.374 e. The first kappa shape index (κ1) is 13.8. The minimum atomic E-state index is -0.374. The summed E-state index contributed by atoms with van der Waals surface area (Å²) >= 11 is 0. The number of rotatable bonds is 3. The number of nitrogens with zero attached hydrogens (tertiary/aromatic N) is 3. The Kier molecular flexibility index (Phi) is 3.49. The smallest absolute Gasteiger partial charge is 0.186 e. The van der Waals surface area contributed by atoms with Gasteiger partial charge in [-0.3, -0.25) is 0 Å². The zero-order valence-electron chi connectivity index (χ0n) is 12.6. The maximum Gasteiger partial charge on any atom is 0.186 e. The lowest BCUT2D eigenvalue weighted by Gasteiger charge is -2.13. The Morgan fingerprint density at radius 3 is 2.90 bits per heavy atom. The summed E-state index contributed by atoms with van der Waals surface area (Å²) in [4.78, 5) is 10.9. The van der Waals surface area contributed by atoms with Crippen molar-refractivity contribution in [2.45, 2.75) is 20.3 Å². The highest BCUT2D eigenvalue weighted by molar-refractivity contribution is 5.67. The van der Waals surface area contributed by atoms with Gasteiger partial charge in [-0.25, -0.2) is 14.4 Å². The number of aryl methyl sites for hydroxylation is 1. The van der Waals surface area contributed by atoms with E-state index in [0.29, 0.717) is 18.1 Å². The zero-order chi connectivity index (χ0) is 15.0. The van der Waals surface area contributed by atoms with Gasteiger partial charge in [0.05, 0.1) is 5.69 Å². The third-order valence-electron chi connectivity index (χ3n) is 3.83. The van der Waals surface area contributed by atoms with Gasteiger partial charge in [-0.15, -0.1) is 0 Å². The molecule has 0 aliphatic carbocycles. The van der Waals surface area contributed by atoms with Crippen LogP contribution in [-0.2, 0) is 6.42 Å². The van der Waals surface area contributed by atoms with E-state index in [0.717, 1.165) is 18.5 Å². The van der Waals surface area contributed by atoms with Gasteiger partial charge in [0, 0.05) is 31.4 Å². The van der Waals surface area contributed by atoms with E-state index in [9.17, 15) is 4.39 Å². The second kappa shape index (κ2) is 5.31. The predicted octanol–water partition coefficient (Wildman–Crippen LogP) is 3.02. The Labute approximate surface area is 124 Å². The average Bonchev–Trinajstić information content (AvgIpc) is 2.85. The van der Waals surface area contributed by atoms with E-state index in [1.54, 1.807) is 6.92 Å². The quantitative estimate of drug-likeness (QED) is 0.941. The van der Waals surface area contributed by atoms with Crippen molar-refractivity contribution >= 4 is 11.5 Å². The molecule has 1 aromatic heterocycles. The lowest BCUT2D eigenvalue weighted by atomic mass is 10.1. The molecule has 110 valence electrons. The van der Waals surface area contributed by atoms with Crippen molar-refractivity contribution < 1.29 is 4.39 Å². The van der Waals surface area contributed by atoms with Gasteiger partial charge in [0.15, 0.2) is 17.5 Å². The number of likely N-dealkylation sites (N-methyl/N-ethyl adjacent to an activating group) is 1. The molecule has 4 nitrogen and oxygen atoms in total. The fourth-order valence-corrected chi connectivity index (χ4v) is 2.68. The van der Waals surface area contributed by atoms with Crippen LogP contribution in [0.15, 0.2) is 18.2 Å². The van der Waals surface area contributed by atoms with Gasteiger partial charge < -0.3 is 10.2 Å². The van der Waals surface area contributed by atoms with Crippen molar-refractivity contribution in [3.63, 3.8) is 0 Å². The van der Waals surface area contributed by atoms with Crippen LogP contribution in [0.3, 0.4) is 0 Å². The van der Waals surface area contributed by atoms with E-state index < -0.39 is 0 Å². The number of anilines is 2. The highest BCUT2D eigenvalue weighted by Gasteiger charge is 2.18. The van der Waals surface area contributed by atoms with Crippen LogP contribution in [0.4, 0.5) is 15.9 Å². The standard InChI is InChI=1S/C16H19FN4/c1-4-18-16-14(17)10(2)19-15(20-16)12-5-6-13-11(9-12)7-8-21(13)3/h5-6,9H,4,7-8H2,1-3H3,(H,18,19,20). The molecule has 1 aromatic carbocycles. The first-order valence-corrected chi connectivity index (χ1v) is 7.22. The van der Waals surface area contributed by atoms with Crippen LogP contribution in [0, 0.1) is 12.7 Å². The normalized spacial score (nSPS) is 13.4. The van der Waals surface area contributed by atoms with Gasteiger partial charge in [-0.1, -0.05) is 0 Å². The number of halogens is 1. The fourth-order valence-electron chi connectivity index (χ4n) is 2.68. The number of benzene rings is 1. The number of hydrogen-bond donors (Lipinski definition) is 1. The van der Waals surface area contributed by atoms with E-state index in [1.165, 1.54) is 11.3 Å². The summed E-state index contributed by atoms with van der Waals surface area (Å²) in [5.74, 6) is 0.473. The first-order chi connectivity index (χ1) is 10.1. The van der Waals surface area contributed by atoms with Gasteiger partial charge in [0.2, 0.25) is 0 Å². The van der Waals surface area contributed by atoms with Crippen LogP contribution in [0.5, 0.6) is 0 Å². The summed E-state index contributed by atoms with van der Waals surface area (Å²) in [6.45, 7) is 5.25. The monoisotopic (exact) mass is 286 g/mol. The van der Waals surface area contributed by atoms with Crippen LogP contribution in [-0.4, -0.2) is 30.1 Å². The van der Waals surface area contributed by atoms with Gasteiger partial charge in [-0.2, -0.15) is 0 Å². The molecular weight excluding hydrogens is 267 g/mol. The molecule has 0 radical (unpaired) electrons. The highest BCUT2D eigenvalue weighted by Crippen LogP contribution is 2.31. The van der Waals surface area contributed by atoms with Crippen LogP contribution in [0.2, 0.25) is 0 Å². The molecular formula is C16H19FN4. The molecule has 0 amide bonds. The van der Waals surface area contributed by atoms with Crippen molar-refractivity contribution in [2.24, 2.45) is 0 Å². The molecule has 21 heavy (non-hydrogen) atoms. The van der Waals surface area contributed by atoms with E-state index in [4.69, 9.17) is 0 Å². The van der Waals surface area contributed by atoms with Crippen LogP contribution < -0.4 is 10.2 Å². The van der Waals surface area contributed by atoms with Crippen molar-refractivity contribution in [2.75, 3.05) is 30.4 Å². The molecule has 5 heteroatoms. The molecule has 1 aliphatic rings. The number of nitrogens with one attached hydrogen (secondary N) is 1. The van der Waals surface area contributed by atoms with Gasteiger partial charge in [0.25, 0.3) is 0 Å². The minimum Gasteiger partial charge on any atom is -0.374 e. The molecule has 0 atom stereocenters. The van der Waals surface area contributed by atoms with E-state index in [2.05, 4.69) is 39.4 Å². The van der Waals surface area contributed by atoms with Gasteiger partial charge in [-0.05, 0) is 44.0 Å². The third kappa shape index (κ3) is 2.44. The van der Waals surface area contributed by atoms with E-state index in [-0.39, 0.29) is 11.6 Å². The lowest BCUT2D eigenvalue weighted by molar-refractivity contribution is 0.606. The molecule has 3 rings (SSSR count). The maximum absolute atomic E-state index is 14.0. The second-order valence-electron chi connectivity index (χ2n) is 5.34. The topological polar surface area (TPSA) is 41.1 Å². The SMILES string of the molecule is CCNc1nc(-c2ccc3c(c2)CCN3C)nc(C)c1F. The predicted molar refractivity (Wildman–Crippen MR) is 83.3 cm³/mol. The molecule has 1 aliphatic heterocycles. The Morgan fingerprint density at radius 2 is 2.14 bits per heavy atom. The summed E-state index contributed by atoms with van der Waals surface area (Å²) in [5, 5.41) is 2.95. The number of hydrogen-bond acceptors (Lipinski definition) is 4. The molecule has 0 spiro atoms. The molecule has 2 aromatic rings. The van der Waals surface area contributed by atoms with Gasteiger partial charge in [0.1, 0.15) is 0 Å². The Balaban J connectivity index is 2.05. The van der Waals surface area contributed by atoms with Gasteiger partial charge >= 0.3 is 0 Å². The molecule has 2 heterocycles. The molecule has 1 N–H and O–H groups in total. The van der Waals surface area contributed by atoms with E-state index >= 15 is 0 Å². The fraction of sp³-hybridized carbons (Fsp3) is 0.375. The summed E-state index contributed by atoms with van der Waals surface area (Å²) in [5.41, 5.74) is 3.86. The van der Waals surface area contributed by atoms with Crippen molar-refractivity contribution in [3.8, 4) is 11.4 Å². The summed E-state index contributed by atoms with van der Waals surface area (Å²) in [6.07, 6.45) is 1.03. The highest BCUT2D eigenvalue weighted by atomic mass is 19.1. The molecule has 0 saturated carbocycles. The zero-order valence-corrected chi connectivity index (χ0v) is 12.6. The Morgan fingerprint density at radius 1 is 1.33 bits per heavy atom. The van der Waals surface area contributed by atoms with Crippen LogP contribution in [0.25, 0.3) is 11.4 Å². The summed E-state index contributed by atoms with van der Waals surface area (Å²) in [6, 6.07) is 6.21. The maximum atomic E-state index is 14.0. The van der Waals surface area contributed by atoms with Crippen molar-refractivity contribution in [3.05, 3.63) is 35.3 Å². The summed E-state index contributed by atoms with van der Waals surface area (Å²) < 4.78 is 14.0. The third-order valence-corrected chi connectivity index (χ3v) is 3.83. The number of fused-ring (bicyclic) bond motifs is 1. The molecule has 0 bridgehead atoms. The lowest BCUT2D eigenvalue weighted by Crippen LogP contribution is -2.12. The molecule has 0 saturated heterocycles. The minimum absolute atomic E-state index is 0.276. The summed E-state index contributed by atoms with van der Waals surface area (Å²) in [7, 11) is 2.09. The van der Waals surface area contributed by atoms with Crippen molar-refractivity contribution in [1.29, 1.82) is 0 Å². The number of aromatic nitrogens is 2. The van der Waals surface area contributed by atoms with Crippen LogP contribution >= 0.6 is 0 Å².